The number of benzene rings is 3. The van der Waals surface area contributed by atoms with Gasteiger partial charge in [-0.1, -0.05) is 54.6 Å². The van der Waals surface area contributed by atoms with Gasteiger partial charge in [0.25, 0.3) is 0 Å². The van der Waals surface area contributed by atoms with E-state index in [0.29, 0.717) is 6.54 Å². The maximum atomic E-state index is 12.5. The number of hydrogen-bond donors (Lipinski definition) is 2. The van der Waals surface area contributed by atoms with E-state index in [9.17, 15) is 9.59 Å². The number of anilines is 1. The van der Waals surface area contributed by atoms with Crippen LogP contribution in [-0.4, -0.2) is 36.3 Å². The van der Waals surface area contributed by atoms with Crippen molar-refractivity contribution in [2.45, 2.75) is 33.4 Å². The second-order valence-electron chi connectivity index (χ2n) is 7.81. The van der Waals surface area contributed by atoms with Crippen molar-refractivity contribution in [3.05, 3.63) is 77.4 Å². The Bertz CT molecular complexity index is 1040. The molecule has 5 heteroatoms. The van der Waals surface area contributed by atoms with E-state index >= 15 is 0 Å². The zero-order chi connectivity index (χ0) is 21.7. The van der Waals surface area contributed by atoms with Gasteiger partial charge in [-0.05, 0) is 61.3 Å². The van der Waals surface area contributed by atoms with Crippen LogP contribution in [0.2, 0.25) is 0 Å². The van der Waals surface area contributed by atoms with Gasteiger partial charge in [0, 0.05) is 12.2 Å². The summed E-state index contributed by atoms with van der Waals surface area (Å²) >= 11 is 0. The largest absolute Gasteiger partial charge is 0.346 e. The molecule has 0 aliphatic carbocycles. The SMILES string of the molecule is Cc1cccc(C)c1NC(=O)CNC(=O)[C@H](C)N(C)Cc1ccc2ccccc2c1. The summed E-state index contributed by atoms with van der Waals surface area (Å²) in [6.07, 6.45) is 0. The van der Waals surface area contributed by atoms with Gasteiger partial charge in [-0.15, -0.1) is 0 Å². The summed E-state index contributed by atoms with van der Waals surface area (Å²) < 4.78 is 0. The Morgan fingerprint density at radius 1 is 0.933 bits per heavy atom. The Balaban J connectivity index is 1.53. The highest BCUT2D eigenvalue weighted by Crippen LogP contribution is 2.19. The number of aryl methyl sites for hydroxylation is 2. The third-order valence-corrected chi connectivity index (χ3v) is 5.46. The monoisotopic (exact) mass is 403 g/mol. The minimum atomic E-state index is -0.357. The van der Waals surface area contributed by atoms with E-state index in [-0.39, 0.29) is 24.4 Å². The fourth-order valence-corrected chi connectivity index (χ4v) is 3.47. The predicted molar refractivity (Wildman–Crippen MR) is 122 cm³/mol. The first-order chi connectivity index (χ1) is 14.3. The lowest BCUT2D eigenvalue weighted by Gasteiger charge is -2.24. The molecule has 3 rings (SSSR count). The normalized spacial score (nSPS) is 12.0. The average Bonchev–Trinajstić information content (AvgIpc) is 2.74. The quantitative estimate of drug-likeness (QED) is 0.626. The summed E-state index contributed by atoms with van der Waals surface area (Å²) in [5, 5.41) is 8.02. The predicted octanol–water partition coefficient (Wildman–Crippen LogP) is 4.03. The van der Waals surface area contributed by atoms with Crippen LogP contribution >= 0.6 is 0 Å². The van der Waals surface area contributed by atoms with E-state index in [4.69, 9.17) is 0 Å². The van der Waals surface area contributed by atoms with Crippen LogP contribution < -0.4 is 10.6 Å². The summed E-state index contributed by atoms with van der Waals surface area (Å²) in [4.78, 5) is 26.8. The molecule has 2 N–H and O–H groups in total. The molecule has 2 amide bonds. The van der Waals surface area contributed by atoms with Crippen LogP contribution in [0.3, 0.4) is 0 Å². The summed E-state index contributed by atoms with van der Waals surface area (Å²) in [5.74, 6) is -0.403. The summed E-state index contributed by atoms with van der Waals surface area (Å²) in [6.45, 7) is 6.34. The van der Waals surface area contributed by atoms with Gasteiger partial charge in [0.05, 0.1) is 12.6 Å². The highest BCUT2D eigenvalue weighted by molar-refractivity contribution is 5.96. The lowest BCUT2D eigenvalue weighted by atomic mass is 10.1. The molecule has 0 unspecified atom stereocenters. The van der Waals surface area contributed by atoms with E-state index in [2.05, 4.69) is 41.0 Å². The second kappa shape index (κ2) is 9.55. The van der Waals surface area contributed by atoms with Crippen LogP contribution in [0.25, 0.3) is 10.8 Å². The maximum absolute atomic E-state index is 12.5. The van der Waals surface area contributed by atoms with Crippen LogP contribution in [0.5, 0.6) is 0 Å². The number of nitrogens with one attached hydrogen (secondary N) is 2. The number of carbonyl (C=O) groups excluding carboxylic acids is 2. The Morgan fingerprint density at radius 2 is 1.60 bits per heavy atom. The number of para-hydroxylation sites is 1. The summed E-state index contributed by atoms with van der Waals surface area (Å²) in [6, 6.07) is 20.0. The number of nitrogens with zero attached hydrogens (tertiary/aromatic N) is 1. The van der Waals surface area contributed by atoms with Crippen molar-refractivity contribution in [1.82, 2.24) is 10.2 Å². The molecule has 0 radical (unpaired) electrons. The van der Waals surface area contributed by atoms with Crippen molar-refractivity contribution in [2.24, 2.45) is 0 Å². The van der Waals surface area contributed by atoms with Gasteiger partial charge in [-0.2, -0.15) is 0 Å². The van der Waals surface area contributed by atoms with Gasteiger partial charge >= 0.3 is 0 Å². The molecule has 30 heavy (non-hydrogen) atoms. The second-order valence-corrected chi connectivity index (χ2v) is 7.81. The molecule has 156 valence electrons. The number of fused-ring (bicyclic) bond motifs is 1. The average molecular weight is 404 g/mol. The fourth-order valence-electron chi connectivity index (χ4n) is 3.47. The Morgan fingerprint density at radius 3 is 2.30 bits per heavy atom. The maximum Gasteiger partial charge on any atom is 0.243 e. The molecule has 0 saturated carbocycles. The highest BCUT2D eigenvalue weighted by Gasteiger charge is 2.19. The first-order valence-electron chi connectivity index (χ1n) is 10.2. The van der Waals surface area contributed by atoms with Crippen LogP contribution in [0.4, 0.5) is 5.69 Å². The van der Waals surface area contributed by atoms with Crippen LogP contribution in [0.1, 0.15) is 23.6 Å². The molecule has 0 fully saturated rings. The zero-order valence-corrected chi connectivity index (χ0v) is 18.0. The number of hydrogen-bond acceptors (Lipinski definition) is 3. The molecular formula is C25H29N3O2. The van der Waals surface area contributed by atoms with E-state index in [1.54, 1.807) is 0 Å². The zero-order valence-electron chi connectivity index (χ0n) is 18.0. The third kappa shape index (κ3) is 5.24. The number of likely N-dealkylation sites (N-methyl/N-ethyl adjacent to an activating group) is 1. The van der Waals surface area contributed by atoms with E-state index in [1.165, 1.54) is 10.8 Å². The van der Waals surface area contributed by atoms with Gasteiger partial charge in [0.15, 0.2) is 0 Å². The van der Waals surface area contributed by atoms with Gasteiger partial charge in [0.1, 0.15) is 0 Å². The molecule has 0 aliphatic heterocycles. The molecule has 0 heterocycles. The molecule has 0 spiro atoms. The minimum absolute atomic E-state index is 0.0548. The lowest BCUT2D eigenvalue weighted by molar-refractivity contribution is -0.127. The lowest BCUT2D eigenvalue weighted by Crippen LogP contribution is -2.45. The minimum Gasteiger partial charge on any atom is -0.346 e. The van der Waals surface area contributed by atoms with Gasteiger partial charge in [-0.25, -0.2) is 0 Å². The molecule has 0 saturated heterocycles. The van der Waals surface area contributed by atoms with Crippen molar-refractivity contribution in [2.75, 3.05) is 18.9 Å². The van der Waals surface area contributed by atoms with Crippen molar-refractivity contribution in [1.29, 1.82) is 0 Å². The third-order valence-electron chi connectivity index (χ3n) is 5.46. The van der Waals surface area contributed by atoms with E-state index in [1.807, 2.05) is 63.1 Å². The van der Waals surface area contributed by atoms with Crippen molar-refractivity contribution < 1.29 is 9.59 Å². The summed E-state index contributed by atoms with van der Waals surface area (Å²) in [7, 11) is 1.91. The molecular weight excluding hydrogens is 374 g/mol. The van der Waals surface area contributed by atoms with Crippen molar-refractivity contribution in [3.63, 3.8) is 0 Å². The first kappa shape index (κ1) is 21.5. The smallest absolute Gasteiger partial charge is 0.243 e. The Hall–Kier alpha value is -3.18. The highest BCUT2D eigenvalue weighted by atomic mass is 16.2. The summed E-state index contributed by atoms with van der Waals surface area (Å²) in [5.41, 5.74) is 3.94. The van der Waals surface area contributed by atoms with E-state index in [0.717, 1.165) is 22.4 Å². The number of carbonyl (C=O) groups is 2. The van der Waals surface area contributed by atoms with Gasteiger partial charge < -0.3 is 10.6 Å². The molecule has 3 aromatic rings. The van der Waals surface area contributed by atoms with Crippen molar-refractivity contribution >= 4 is 28.3 Å². The molecule has 5 nitrogen and oxygen atoms in total. The van der Waals surface area contributed by atoms with Crippen LogP contribution in [-0.2, 0) is 16.1 Å². The molecule has 0 bridgehead atoms. The molecule has 1 atom stereocenters. The standard InChI is InChI=1S/C25H29N3O2/c1-17-8-7-9-18(2)24(17)27-23(29)15-26-25(30)19(3)28(4)16-20-12-13-21-10-5-6-11-22(21)14-20/h5-14,19H,15-16H2,1-4H3,(H,26,30)(H,27,29)/t19-/m0/s1. The first-order valence-corrected chi connectivity index (χ1v) is 10.2. The molecule has 3 aromatic carbocycles. The molecule has 0 aromatic heterocycles. The van der Waals surface area contributed by atoms with Crippen molar-refractivity contribution in [3.8, 4) is 0 Å². The molecule has 0 aliphatic rings. The van der Waals surface area contributed by atoms with Crippen LogP contribution in [0.15, 0.2) is 60.7 Å². The van der Waals surface area contributed by atoms with Crippen LogP contribution in [0, 0.1) is 13.8 Å². The fraction of sp³-hybridized carbons (Fsp3) is 0.280. The van der Waals surface area contributed by atoms with Gasteiger partial charge in [0.2, 0.25) is 11.8 Å². The van der Waals surface area contributed by atoms with Gasteiger partial charge in [-0.3, -0.25) is 14.5 Å². The topological polar surface area (TPSA) is 61.4 Å². The van der Waals surface area contributed by atoms with E-state index < -0.39 is 0 Å². The number of rotatable bonds is 7. The Labute approximate surface area is 178 Å². The Kier molecular flexibility index (Phi) is 6.85. The number of amides is 2.